The Hall–Kier alpha value is -2.64. The molecule has 1 N–H and O–H groups in total. The van der Waals surface area contributed by atoms with Crippen LogP contribution in [0.25, 0.3) is 0 Å². The minimum absolute atomic E-state index is 0.0661. The highest BCUT2D eigenvalue weighted by Crippen LogP contribution is 2.39. The summed E-state index contributed by atoms with van der Waals surface area (Å²) in [4.78, 5) is 9.02. The smallest absolute Gasteiger partial charge is 0.387 e. The lowest BCUT2D eigenvalue weighted by Crippen LogP contribution is -2.14. The Balaban J connectivity index is 1.61. The number of hydrogen-bond acceptors (Lipinski definition) is 6. The molecule has 0 spiro atoms. The molecule has 2 aliphatic rings. The fraction of sp³-hybridized carbons (Fsp3) is 0.444. The van der Waals surface area contributed by atoms with Crippen LogP contribution in [-0.2, 0) is 19.4 Å². The lowest BCUT2D eigenvalue weighted by atomic mass is 9.96. The van der Waals surface area contributed by atoms with E-state index in [4.69, 9.17) is 9.47 Å². The summed E-state index contributed by atoms with van der Waals surface area (Å²) < 4.78 is 40.8. The van der Waals surface area contributed by atoms with Crippen molar-refractivity contribution in [3.8, 4) is 17.2 Å². The lowest BCUT2D eigenvalue weighted by molar-refractivity contribution is -0.0504. The molecule has 0 saturated carbocycles. The molecule has 138 valence electrons. The number of rotatable bonds is 5. The van der Waals surface area contributed by atoms with E-state index < -0.39 is 6.61 Å². The molecule has 1 aliphatic carbocycles. The molecule has 1 aromatic heterocycles. The molecule has 0 bridgehead atoms. The molecular formula is C18H19F2N3O3. The zero-order chi connectivity index (χ0) is 18.1. The van der Waals surface area contributed by atoms with Crippen LogP contribution in [0.15, 0.2) is 12.1 Å². The minimum Gasteiger partial charge on any atom is -0.454 e. The van der Waals surface area contributed by atoms with Crippen LogP contribution in [-0.4, -0.2) is 23.4 Å². The Kier molecular flexibility index (Phi) is 4.48. The maximum atomic E-state index is 12.8. The van der Waals surface area contributed by atoms with Crippen molar-refractivity contribution >= 4 is 5.82 Å². The SMILES string of the molecule is Cc1nc2c(c(NCc3cc4c(cc3OC(F)F)OCO4)n1)CCCC2. The molecule has 0 saturated heterocycles. The topological polar surface area (TPSA) is 65.5 Å². The summed E-state index contributed by atoms with van der Waals surface area (Å²) in [6, 6.07) is 3.10. The Morgan fingerprint density at radius 1 is 1.15 bits per heavy atom. The Morgan fingerprint density at radius 3 is 2.73 bits per heavy atom. The van der Waals surface area contributed by atoms with Crippen molar-refractivity contribution in [2.45, 2.75) is 45.8 Å². The highest BCUT2D eigenvalue weighted by atomic mass is 19.3. The predicted molar refractivity (Wildman–Crippen MR) is 89.9 cm³/mol. The Labute approximate surface area is 149 Å². The van der Waals surface area contributed by atoms with Crippen LogP contribution in [0.3, 0.4) is 0 Å². The van der Waals surface area contributed by atoms with Crippen LogP contribution in [0.5, 0.6) is 17.2 Å². The number of alkyl halides is 2. The van der Waals surface area contributed by atoms with Gasteiger partial charge in [-0.2, -0.15) is 8.78 Å². The number of ether oxygens (including phenoxy) is 3. The van der Waals surface area contributed by atoms with Crippen molar-refractivity contribution in [2.24, 2.45) is 0 Å². The second kappa shape index (κ2) is 6.93. The van der Waals surface area contributed by atoms with Crippen molar-refractivity contribution in [1.29, 1.82) is 0 Å². The van der Waals surface area contributed by atoms with E-state index in [1.54, 1.807) is 6.07 Å². The van der Waals surface area contributed by atoms with Gasteiger partial charge in [-0.25, -0.2) is 9.97 Å². The maximum Gasteiger partial charge on any atom is 0.387 e. The monoisotopic (exact) mass is 363 g/mol. The molecule has 1 aliphatic heterocycles. The number of nitrogens with one attached hydrogen (secondary N) is 1. The van der Waals surface area contributed by atoms with E-state index in [-0.39, 0.29) is 19.1 Å². The minimum atomic E-state index is -2.91. The molecular weight excluding hydrogens is 344 g/mol. The third kappa shape index (κ3) is 3.36. The fourth-order valence-corrected chi connectivity index (χ4v) is 3.35. The van der Waals surface area contributed by atoms with Crippen molar-refractivity contribution in [1.82, 2.24) is 9.97 Å². The first kappa shape index (κ1) is 16.8. The summed E-state index contributed by atoms with van der Waals surface area (Å²) in [5.74, 6) is 2.44. The van der Waals surface area contributed by atoms with Crippen LogP contribution in [0.2, 0.25) is 0 Å². The summed E-state index contributed by atoms with van der Waals surface area (Å²) in [6.07, 6.45) is 4.08. The second-order valence-corrected chi connectivity index (χ2v) is 6.30. The molecule has 1 aromatic carbocycles. The molecule has 8 heteroatoms. The van der Waals surface area contributed by atoms with Crippen LogP contribution in [0.1, 0.15) is 35.5 Å². The normalized spacial score (nSPS) is 15.1. The third-order valence-corrected chi connectivity index (χ3v) is 4.51. The van der Waals surface area contributed by atoms with Gasteiger partial charge in [-0.1, -0.05) is 0 Å². The van der Waals surface area contributed by atoms with Gasteiger partial charge in [-0.05, 0) is 38.7 Å². The summed E-state index contributed by atoms with van der Waals surface area (Å²) in [6.45, 7) is -0.713. The highest BCUT2D eigenvalue weighted by molar-refractivity contribution is 5.54. The maximum absolute atomic E-state index is 12.8. The number of aromatic nitrogens is 2. The summed E-state index contributed by atoms with van der Waals surface area (Å²) in [5, 5.41) is 3.26. The van der Waals surface area contributed by atoms with Gasteiger partial charge in [0, 0.05) is 29.4 Å². The predicted octanol–water partition coefficient (Wildman–Crippen LogP) is 3.61. The van der Waals surface area contributed by atoms with Crippen LogP contribution in [0.4, 0.5) is 14.6 Å². The van der Waals surface area contributed by atoms with Gasteiger partial charge in [0.25, 0.3) is 0 Å². The van der Waals surface area contributed by atoms with E-state index >= 15 is 0 Å². The van der Waals surface area contributed by atoms with Gasteiger partial charge >= 0.3 is 6.61 Å². The number of fused-ring (bicyclic) bond motifs is 2. The van der Waals surface area contributed by atoms with Crippen LogP contribution in [0, 0.1) is 6.92 Å². The molecule has 4 rings (SSSR count). The number of nitrogens with zero attached hydrogens (tertiary/aromatic N) is 2. The van der Waals surface area contributed by atoms with Gasteiger partial charge < -0.3 is 19.5 Å². The van der Waals surface area contributed by atoms with Crippen molar-refractivity contribution in [3.05, 3.63) is 34.8 Å². The van der Waals surface area contributed by atoms with Gasteiger partial charge in [-0.3, -0.25) is 0 Å². The van der Waals surface area contributed by atoms with E-state index in [9.17, 15) is 8.78 Å². The largest absolute Gasteiger partial charge is 0.454 e. The first-order valence-corrected chi connectivity index (χ1v) is 8.58. The first-order valence-electron chi connectivity index (χ1n) is 8.58. The van der Waals surface area contributed by atoms with Gasteiger partial charge in [-0.15, -0.1) is 0 Å². The quantitative estimate of drug-likeness (QED) is 0.876. The summed E-state index contributed by atoms with van der Waals surface area (Å²) >= 11 is 0. The molecule has 2 aromatic rings. The lowest BCUT2D eigenvalue weighted by Gasteiger charge is -2.20. The summed E-state index contributed by atoms with van der Waals surface area (Å²) in [7, 11) is 0. The van der Waals surface area contributed by atoms with Gasteiger partial charge in [0.2, 0.25) is 6.79 Å². The highest BCUT2D eigenvalue weighted by Gasteiger charge is 2.21. The number of halogens is 2. The Morgan fingerprint density at radius 2 is 1.92 bits per heavy atom. The molecule has 6 nitrogen and oxygen atoms in total. The van der Waals surface area contributed by atoms with Gasteiger partial charge in [0.1, 0.15) is 17.4 Å². The van der Waals surface area contributed by atoms with E-state index in [0.29, 0.717) is 22.9 Å². The fourth-order valence-electron chi connectivity index (χ4n) is 3.35. The van der Waals surface area contributed by atoms with E-state index in [0.717, 1.165) is 42.8 Å². The zero-order valence-electron chi connectivity index (χ0n) is 14.3. The average molecular weight is 363 g/mol. The van der Waals surface area contributed by atoms with E-state index in [1.807, 2.05) is 6.92 Å². The average Bonchev–Trinajstić information content (AvgIpc) is 3.06. The first-order chi connectivity index (χ1) is 12.6. The van der Waals surface area contributed by atoms with Crippen molar-refractivity contribution in [3.63, 3.8) is 0 Å². The van der Waals surface area contributed by atoms with Gasteiger partial charge in [0.15, 0.2) is 11.5 Å². The zero-order valence-corrected chi connectivity index (χ0v) is 14.3. The number of aryl methyl sites for hydroxylation is 2. The molecule has 0 atom stereocenters. The molecule has 2 heterocycles. The molecule has 0 fully saturated rings. The molecule has 0 unspecified atom stereocenters. The van der Waals surface area contributed by atoms with E-state index in [1.165, 1.54) is 6.07 Å². The molecule has 0 radical (unpaired) electrons. The van der Waals surface area contributed by atoms with E-state index in [2.05, 4.69) is 20.0 Å². The number of anilines is 1. The van der Waals surface area contributed by atoms with Crippen LogP contribution >= 0.6 is 0 Å². The number of benzene rings is 1. The molecule has 0 amide bonds. The summed E-state index contributed by atoms with van der Waals surface area (Å²) in [5.41, 5.74) is 2.73. The molecule has 26 heavy (non-hydrogen) atoms. The van der Waals surface area contributed by atoms with Crippen molar-refractivity contribution < 1.29 is 23.0 Å². The van der Waals surface area contributed by atoms with Crippen molar-refractivity contribution in [2.75, 3.05) is 12.1 Å². The van der Waals surface area contributed by atoms with Gasteiger partial charge in [0.05, 0.1) is 0 Å². The number of hydrogen-bond donors (Lipinski definition) is 1. The standard InChI is InChI=1S/C18H19F2N3O3/c1-10-22-13-5-3-2-4-12(13)17(23-10)21-8-11-6-15-16(25-9-24-15)7-14(11)26-18(19)20/h6-7,18H,2-5,8-9H2,1H3,(H,21,22,23). The van der Waals surface area contributed by atoms with Crippen LogP contribution < -0.4 is 19.5 Å². The third-order valence-electron chi connectivity index (χ3n) is 4.51. The second-order valence-electron chi connectivity index (χ2n) is 6.30. The Bertz CT molecular complexity index is 830.